The zero-order valence-electron chi connectivity index (χ0n) is 21.0. The van der Waals surface area contributed by atoms with Crippen molar-refractivity contribution in [3.05, 3.63) is 81.8 Å². The zero-order chi connectivity index (χ0) is 25.8. The summed E-state index contributed by atoms with van der Waals surface area (Å²) in [5.41, 5.74) is 5.43. The maximum Gasteiger partial charge on any atom is 0.253 e. The van der Waals surface area contributed by atoms with E-state index in [1.165, 1.54) is 5.56 Å². The second-order valence-corrected chi connectivity index (χ2v) is 10.4. The highest BCUT2D eigenvalue weighted by Crippen LogP contribution is 2.34. The molecule has 1 N–H and O–H groups in total. The molecule has 37 heavy (non-hydrogen) atoms. The minimum absolute atomic E-state index is 0.0843. The van der Waals surface area contributed by atoms with Crippen LogP contribution in [0.2, 0.25) is 5.02 Å². The van der Waals surface area contributed by atoms with Gasteiger partial charge in [0.25, 0.3) is 5.91 Å². The van der Waals surface area contributed by atoms with Crippen molar-refractivity contribution in [3.8, 4) is 27.7 Å². The molecule has 5 rings (SSSR count). The van der Waals surface area contributed by atoms with E-state index >= 15 is 0 Å². The first-order chi connectivity index (χ1) is 18.0. The van der Waals surface area contributed by atoms with Crippen LogP contribution >= 0.6 is 22.9 Å². The smallest absolute Gasteiger partial charge is 0.253 e. The van der Waals surface area contributed by atoms with Crippen LogP contribution in [0, 0.1) is 6.92 Å². The van der Waals surface area contributed by atoms with Crippen molar-refractivity contribution >= 4 is 28.8 Å². The van der Waals surface area contributed by atoms with Crippen LogP contribution in [-0.2, 0) is 17.7 Å². The van der Waals surface area contributed by atoms with Gasteiger partial charge in [0.15, 0.2) is 0 Å². The molecule has 4 aromatic rings. The van der Waals surface area contributed by atoms with Crippen LogP contribution in [-0.4, -0.2) is 41.8 Å². The first kappa shape index (κ1) is 25.5. The fourth-order valence-corrected chi connectivity index (χ4v) is 5.80. The second kappa shape index (κ2) is 11.5. The Morgan fingerprint density at radius 1 is 1.24 bits per heavy atom. The van der Waals surface area contributed by atoms with Crippen LogP contribution in [0.15, 0.2) is 60.0 Å². The topological polar surface area (TPSA) is 65.4 Å². The van der Waals surface area contributed by atoms with Gasteiger partial charge in [0.1, 0.15) is 10.8 Å². The lowest BCUT2D eigenvalue weighted by Crippen LogP contribution is -2.32. The molecule has 0 saturated carbocycles. The molecule has 0 aliphatic carbocycles. The van der Waals surface area contributed by atoms with Gasteiger partial charge >= 0.3 is 0 Å². The number of rotatable bonds is 9. The van der Waals surface area contributed by atoms with Gasteiger partial charge in [-0.25, -0.2) is 4.98 Å². The highest BCUT2D eigenvalue weighted by molar-refractivity contribution is 7.13. The van der Waals surface area contributed by atoms with Crippen molar-refractivity contribution in [1.29, 1.82) is 0 Å². The van der Waals surface area contributed by atoms with Crippen LogP contribution in [0.25, 0.3) is 22.0 Å². The molecule has 1 aliphatic rings. The van der Waals surface area contributed by atoms with E-state index in [-0.39, 0.29) is 12.0 Å². The van der Waals surface area contributed by atoms with Gasteiger partial charge in [-0.15, -0.1) is 11.3 Å². The molecule has 1 aliphatic heterocycles. The van der Waals surface area contributed by atoms with Crippen LogP contribution < -0.4 is 10.1 Å². The summed E-state index contributed by atoms with van der Waals surface area (Å²) < 4.78 is 13.2. The Bertz CT molecular complexity index is 1370. The fourth-order valence-electron chi connectivity index (χ4n) is 4.67. The number of amides is 1. The fraction of sp³-hybridized carbons (Fsp3) is 0.310. The number of methoxy groups -OCH3 is 1. The van der Waals surface area contributed by atoms with Crippen LogP contribution in [0.3, 0.4) is 0 Å². The third kappa shape index (κ3) is 5.74. The number of hydrogen-bond donors (Lipinski definition) is 1. The van der Waals surface area contributed by atoms with Gasteiger partial charge in [-0.05, 0) is 56.0 Å². The van der Waals surface area contributed by atoms with Gasteiger partial charge in [0.05, 0.1) is 35.2 Å². The van der Waals surface area contributed by atoms with Crippen molar-refractivity contribution in [2.75, 3.05) is 20.3 Å². The molecule has 0 spiro atoms. The molecule has 8 heteroatoms. The Hall–Kier alpha value is -3.13. The molecule has 0 radical (unpaired) electrons. The minimum atomic E-state index is -0.0843. The summed E-state index contributed by atoms with van der Waals surface area (Å²) in [5.74, 6) is 0.750. The summed E-state index contributed by atoms with van der Waals surface area (Å²) in [5, 5.41) is 6.63. The zero-order valence-corrected chi connectivity index (χ0v) is 22.6. The largest absolute Gasteiger partial charge is 0.497 e. The van der Waals surface area contributed by atoms with Gasteiger partial charge < -0.3 is 19.4 Å². The highest BCUT2D eigenvalue weighted by Gasteiger charge is 2.22. The first-order valence-electron chi connectivity index (χ1n) is 12.5. The molecule has 1 saturated heterocycles. The van der Waals surface area contributed by atoms with Gasteiger partial charge in [-0.2, -0.15) is 0 Å². The molecular formula is C29H30ClN3O3S. The van der Waals surface area contributed by atoms with E-state index in [0.717, 1.165) is 59.3 Å². The van der Waals surface area contributed by atoms with E-state index < -0.39 is 0 Å². The molecule has 2 aromatic carbocycles. The Morgan fingerprint density at radius 3 is 2.78 bits per heavy atom. The molecule has 1 unspecified atom stereocenters. The number of aryl methyl sites for hydroxylation is 1. The van der Waals surface area contributed by atoms with E-state index in [0.29, 0.717) is 23.7 Å². The highest BCUT2D eigenvalue weighted by atomic mass is 35.5. The molecule has 192 valence electrons. The Kier molecular flexibility index (Phi) is 7.93. The molecular weight excluding hydrogens is 506 g/mol. The van der Waals surface area contributed by atoms with E-state index in [1.807, 2.05) is 54.8 Å². The van der Waals surface area contributed by atoms with Gasteiger partial charge in [-0.1, -0.05) is 41.9 Å². The number of halogens is 1. The summed E-state index contributed by atoms with van der Waals surface area (Å²) in [6.45, 7) is 4.01. The molecule has 2 aromatic heterocycles. The second-order valence-electron chi connectivity index (χ2n) is 9.14. The van der Waals surface area contributed by atoms with E-state index in [1.54, 1.807) is 18.4 Å². The van der Waals surface area contributed by atoms with Gasteiger partial charge in [-0.3, -0.25) is 4.79 Å². The number of benzene rings is 2. The van der Waals surface area contributed by atoms with E-state index in [2.05, 4.69) is 22.0 Å². The number of thiazole rings is 1. The number of nitrogens with zero attached hydrogens (tertiary/aromatic N) is 2. The van der Waals surface area contributed by atoms with Crippen molar-refractivity contribution in [3.63, 3.8) is 0 Å². The SMILES string of the molecule is COc1ccc(CCn2c(-c3csc(-c4ccccc4Cl)n3)cc(C(=O)NCC3CCCO3)c2C)cc1. The number of carbonyl (C=O) groups excluding carboxylic acids is 1. The molecule has 3 heterocycles. The number of ether oxygens (including phenoxy) is 2. The summed E-state index contributed by atoms with van der Waals surface area (Å²) in [7, 11) is 1.67. The lowest BCUT2D eigenvalue weighted by molar-refractivity contribution is 0.0857. The first-order valence-corrected chi connectivity index (χ1v) is 13.7. The summed E-state index contributed by atoms with van der Waals surface area (Å²) in [6, 6.07) is 17.8. The summed E-state index contributed by atoms with van der Waals surface area (Å²) >= 11 is 7.98. The van der Waals surface area contributed by atoms with Crippen molar-refractivity contribution in [1.82, 2.24) is 14.9 Å². The molecule has 1 amide bonds. The van der Waals surface area contributed by atoms with E-state index in [4.69, 9.17) is 26.1 Å². The predicted molar refractivity (Wildman–Crippen MR) is 149 cm³/mol. The molecule has 6 nitrogen and oxygen atoms in total. The number of nitrogens with one attached hydrogen (secondary N) is 1. The van der Waals surface area contributed by atoms with Gasteiger partial charge in [0, 0.05) is 36.3 Å². The van der Waals surface area contributed by atoms with Crippen molar-refractivity contribution in [2.45, 2.75) is 38.8 Å². The van der Waals surface area contributed by atoms with Crippen LogP contribution in [0.5, 0.6) is 5.75 Å². The minimum Gasteiger partial charge on any atom is -0.497 e. The number of hydrogen-bond acceptors (Lipinski definition) is 5. The quantitative estimate of drug-likeness (QED) is 0.269. The summed E-state index contributed by atoms with van der Waals surface area (Å²) in [4.78, 5) is 18.1. The average Bonchev–Trinajstić information content (AvgIpc) is 3.67. The maximum atomic E-state index is 13.2. The Labute approximate surface area is 226 Å². The average molecular weight is 536 g/mol. The standard InChI is InChI=1S/C29H30ClN3O3S/c1-19-24(28(34)31-17-22-6-5-15-36-22)16-27(33(19)14-13-20-9-11-21(35-2)12-10-20)26-18-37-29(32-26)23-7-3-4-8-25(23)30/h3-4,7-12,16,18,22H,5-6,13-15,17H2,1-2H3,(H,31,34). The van der Waals surface area contributed by atoms with E-state index in [9.17, 15) is 4.79 Å². The lowest BCUT2D eigenvalue weighted by Gasteiger charge is -2.12. The normalized spacial score (nSPS) is 15.2. The number of aromatic nitrogens is 2. The summed E-state index contributed by atoms with van der Waals surface area (Å²) in [6.07, 6.45) is 2.93. The van der Waals surface area contributed by atoms with Crippen molar-refractivity contribution in [2.24, 2.45) is 0 Å². The number of carbonyl (C=O) groups is 1. The molecule has 0 bridgehead atoms. The van der Waals surface area contributed by atoms with Crippen LogP contribution in [0.1, 0.15) is 34.5 Å². The van der Waals surface area contributed by atoms with Crippen LogP contribution in [0.4, 0.5) is 0 Å². The van der Waals surface area contributed by atoms with Crippen molar-refractivity contribution < 1.29 is 14.3 Å². The maximum absolute atomic E-state index is 13.2. The third-order valence-corrected chi connectivity index (χ3v) is 7.98. The Morgan fingerprint density at radius 2 is 2.05 bits per heavy atom. The Balaban J connectivity index is 1.44. The lowest BCUT2D eigenvalue weighted by atomic mass is 10.1. The molecule has 1 atom stereocenters. The third-order valence-electron chi connectivity index (χ3n) is 6.78. The predicted octanol–water partition coefficient (Wildman–Crippen LogP) is 6.40. The molecule has 1 fully saturated rings. The monoisotopic (exact) mass is 535 g/mol. The van der Waals surface area contributed by atoms with Gasteiger partial charge in [0.2, 0.25) is 0 Å².